The molecule has 1 aliphatic carbocycles. The summed E-state index contributed by atoms with van der Waals surface area (Å²) in [7, 11) is 0. The molecule has 0 spiro atoms. The number of benzene rings is 1. The number of hydrogen-bond donors (Lipinski definition) is 1. The average Bonchev–Trinajstić information content (AvgIpc) is 2.71. The molecule has 0 saturated heterocycles. The fraction of sp³-hybridized carbons (Fsp3) is 0.529. The molecular formula is C17H19F3NO4-. The van der Waals surface area contributed by atoms with Crippen LogP contribution in [-0.4, -0.2) is 18.2 Å². The highest BCUT2D eigenvalue weighted by Crippen LogP contribution is 2.55. The van der Waals surface area contributed by atoms with Crippen molar-refractivity contribution < 1.29 is 32.6 Å². The van der Waals surface area contributed by atoms with E-state index in [4.69, 9.17) is 0 Å². The molecule has 5 nitrogen and oxygen atoms in total. The van der Waals surface area contributed by atoms with Gasteiger partial charge in [-0.05, 0) is 42.5 Å². The van der Waals surface area contributed by atoms with E-state index in [0.717, 1.165) is 12.1 Å². The third-order valence-corrected chi connectivity index (χ3v) is 5.35. The van der Waals surface area contributed by atoms with Gasteiger partial charge in [-0.1, -0.05) is 20.8 Å². The van der Waals surface area contributed by atoms with Crippen LogP contribution in [0, 0.1) is 16.7 Å². The minimum absolute atomic E-state index is 0.303. The lowest BCUT2D eigenvalue weighted by molar-refractivity contribution is -0.323. The molecular weight excluding hydrogens is 339 g/mol. The van der Waals surface area contributed by atoms with Crippen LogP contribution < -0.4 is 15.2 Å². The highest BCUT2D eigenvalue weighted by molar-refractivity contribution is 5.94. The normalized spacial score (nSPS) is 25.4. The van der Waals surface area contributed by atoms with Crippen molar-refractivity contribution >= 4 is 17.6 Å². The van der Waals surface area contributed by atoms with E-state index in [2.05, 4.69) is 10.1 Å². The fourth-order valence-corrected chi connectivity index (χ4v) is 3.29. The van der Waals surface area contributed by atoms with Gasteiger partial charge in [-0.2, -0.15) is 0 Å². The summed E-state index contributed by atoms with van der Waals surface area (Å²) in [5.41, 5.74) is -1.65. The first kappa shape index (κ1) is 19.1. The molecule has 138 valence electrons. The second-order valence-corrected chi connectivity index (χ2v) is 6.99. The lowest BCUT2D eigenvalue weighted by Gasteiger charge is -2.41. The van der Waals surface area contributed by atoms with Gasteiger partial charge < -0.3 is 20.0 Å². The Morgan fingerprint density at radius 2 is 1.76 bits per heavy atom. The van der Waals surface area contributed by atoms with Crippen LogP contribution in [0.4, 0.5) is 18.9 Å². The molecule has 0 heterocycles. The first-order chi connectivity index (χ1) is 11.4. The maximum absolute atomic E-state index is 12.5. The Hall–Kier alpha value is -2.25. The predicted octanol–water partition coefficient (Wildman–Crippen LogP) is 2.72. The number of ether oxygens (including phenoxy) is 1. The number of rotatable bonds is 4. The predicted molar refractivity (Wildman–Crippen MR) is 81.4 cm³/mol. The number of hydrogen-bond acceptors (Lipinski definition) is 4. The zero-order valence-electron chi connectivity index (χ0n) is 14.1. The number of anilines is 1. The van der Waals surface area contributed by atoms with Crippen LogP contribution in [0.1, 0.15) is 33.6 Å². The summed E-state index contributed by atoms with van der Waals surface area (Å²) in [6.07, 6.45) is -4.08. The Labute approximate surface area is 143 Å². The molecule has 1 aromatic carbocycles. The molecule has 0 radical (unpaired) electrons. The van der Waals surface area contributed by atoms with E-state index in [1.807, 2.05) is 0 Å². The molecule has 1 N–H and O–H groups in total. The first-order valence-electron chi connectivity index (χ1n) is 7.75. The van der Waals surface area contributed by atoms with E-state index in [0.29, 0.717) is 18.5 Å². The first-order valence-corrected chi connectivity index (χ1v) is 7.75. The smallest absolute Gasteiger partial charge is 0.550 e. The third kappa shape index (κ3) is 3.72. The van der Waals surface area contributed by atoms with Crippen LogP contribution in [0.15, 0.2) is 24.3 Å². The maximum Gasteiger partial charge on any atom is 0.573 e. The quantitative estimate of drug-likeness (QED) is 0.898. The van der Waals surface area contributed by atoms with E-state index in [1.54, 1.807) is 20.8 Å². The molecule has 1 aromatic rings. The van der Waals surface area contributed by atoms with Gasteiger partial charge in [-0.25, -0.2) is 0 Å². The van der Waals surface area contributed by atoms with Crippen molar-refractivity contribution in [3.8, 4) is 5.75 Å². The molecule has 0 bridgehead atoms. The van der Waals surface area contributed by atoms with Crippen LogP contribution in [0.3, 0.4) is 0 Å². The standard InChI is InChI=1S/C17H20F3NO4/c1-15(2)12(8-9-16(15,3)14(23)24)13(22)21-10-4-6-11(7-5-10)25-17(18,19)20/h4-7,12H,8-9H2,1-3H3,(H,21,22)(H,23,24)/p-1/t12-,16-/m1/s1. The van der Waals surface area contributed by atoms with E-state index in [9.17, 15) is 27.9 Å². The largest absolute Gasteiger partial charge is 0.573 e. The molecule has 1 amide bonds. The molecule has 25 heavy (non-hydrogen) atoms. The third-order valence-electron chi connectivity index (χ3n) is 5.35. The van der Waals surface area contributed by atoms with Crippen molar-refractivity contribution in [3.63, 3.8) is 0 Å². The molecule has 1 aliphatic rings. The molecule has 2 rings (SSSR count). The highest BCUT2D eigenvalue weighted by atomic mass is 19.4. The Morgan fingerprint density at radius 1 is 1.20 bits per heavy atom. The second kappa shape index (κ2) is 6.24. The minimum Gasteiger partial charge on any atom is -0.550 e. The van der Waals surface area contributed by atoms with Gasteiger partial charge in [0, 0.05) is 23.0 Å². The summed E-state index contributed by atoms with van der Waals surface area (Å²) >= 11 is 0. The van der Waals surface area contributed by atoms with Crippen molar-refractivity contribution in [2.24, 2.45) is 16.7 Å². The van der Waals surface area contributed by atoms with Gasteiger partial charge in [0.05, 0.1) is 0 Å². The fourth-order valence-electron chi connectivity index (χ4n) is 3.29. The van der Waals surface area contributed by atoms with Gasteiger partial charge in [-0.3, -0.25) is 4.79 Å². The second-order valence-electron chi connectivity index (χ2n) is 6.99. The van der Waals surface area contributed by atoms with Crippen molar-refractivity contribution in [1.29, 1.82) is 0 Å². The number of carbonyl (C=O) groups excluding carboxylic acids is 2. The Bertz CT molecular complexity index is 669. The molecule has 0 unspecified atom stereocenters. The molecule has 0 aliphatic heterocycles. The summed E-state index contributed by atoms with van der Waals surface area (Å²) in [5, 5.41) is 14.1. The van der Waals surface area contributed by atoms with Gasteiger partial charge >= 0.3 is 6.36 Å². The van der Waals surface area contributed by atoms with Crippen molar-refractivity contribution in [2.75, 3.05) is 5.32 Å². The molecule has 2 atom stereocenters. The Balaban J connectivity index is 2.09. The van der Waals surface area contributed by atoms with Crippen LogP contribution in [0.5, 0.6) is 5.75 Å². The lowest BCUT2D eigenvalue weighted by Crippen LogP contribution is -2.49. The number of carbonyl (C=O) groups is 2. The van der Waals surface area contributed by atoms with Crippen molar-refractivity contribution in [2.45, 2.75) is 40.0 Å². The Kier molecular flexibility index (Phi) is 4.76. The van der Waals surface area contributed by atoms with Crippen LogP contribution in [0.2, 0.25) is 0 Å². The molecule has 1 fully saturated rings. The Morgan fingerprint density at radius 3 is 2.20 bits per heavy atom. The summed E-state index contributed by atoms with van der Waals surface area (Å²) in [5.74, 6) is -2.52. The molecule has 8 heteroatoms. The summed E-state index contributed by atoms with van der Waals surface area (Å²) in [6.45, 7) is 4.99. The number of carboxylic acids is 1. The van der Waals surface area contributed by atoms with Gasteiger partial charge in [-0.15, -0.1) is 13.2 Å². The topological polar surface area (TPSA) is 78.5 Å². The maximum atomic E-state index is 12.5. The van der Waals surface area contributed by atoms with Gasteiger partial charge in [0.15, 0.2) is 0 Å². The van der Waals surface area contributed by atoms with E-state index in [-0.39, 0.29) is 5.91 Å². The van der Waals surface area contributed by atoms with Gasteiger partial charge in [0.1, 0.15) is 5.75 Å². The number of amides is 1. The number of alkyl halides is 3. The SMILES string of the molecule is CC1(C)[C@@H](C(=O)Nc2ccc(OC(F)(F)F)cc2)CC[C@]1(C)C(=O)[O-]. The van der Waals surface area contributed by atoms with E-state index in [1.165, 1.54) is 12.1 Å². The number of halogens is 3. The van der Waals surface area contributed by atoms with Gasteiger partial charge in [0.25, 0.3) is 0 Å². The van der Waals surface area contributed by atoms with Crippen molar-refractivity contribution in [3.05, 3.63) is 24.3 Å². The summed E-state index contributed by atoms with van der Waals surface area (Å²) < 4.78 is 40.2. The zero-order valence-corrected chi connectivity index (χ0v) is 14.1. The average molecular weight is 358 g/mol. The van der Waals surface area contributed by atoms with Gasteiger partial charge in [0.2, 0.25) is 5.91 Å². The number of nitrogens with one attached hydrogen (secondary N) is 1. The molecule has 1 saturated carbocycles. The van der Waals surface area contributed by atoms with E-state index >= 15 is 0 Å². The van der Waals surface area contributed by atoms with Crippen LogP contribution >= 0.6 is 0 Å². The van der Waals surface area contributed by atoms with E-state index < -0.39 is 34.8 Å². The summed E-state index contributed by atoms with van der Waals surface area (Å²) in [4.78, 5) is 24.0. The van der Waals surface area contributed by atoms with Crippen molar-refractivity contribution in [1.82, 2.24) is 0 Å². The zero-order chi connectivity index (χ0) is 19.0. The lowest BCUT2D eigenvalue weighted by atomic mass is 9.65. The monoisotopic (exact) mass is 358 g/mol. The highest BCUT2D eigenvalue weighted by Gasteiger charge is 2.54. The number of carboxylic acid groups (broad SMARTS) is 1. The molecule has 0 aromatic heterocycles. The number of aliphatic carboxylic acids is 1. The van der Waals surface area contributed by atoms with Crippen LogP contribution in [-0.2, 0) is 9.59 Å². The summed E-state index contributed by atoms with van der Waals surface area (Å²) in [6, 6.07) is 4.76. The minimum atomic E-state index is -4.78. The van der Waals surface area contributed by atoms with Crippen LogP contribution in [0.25, 0.3) is 0 Å².